The van der Waals surface area contributed by atoms with Gasteiger partial charge < -0.3 is 10.5 Å². The number of hydrogen-bond acceptors (Lipinski definition) is 2. The van der Waals surface area contributed by atoms with Crippen LogP contribution in [0.3, 0.4) is 0 Å². The standard InChI is InChI=1S/C16H14FNOS/c17-13-6-3-7-14(15(13)16(18)20)19-9-11-8-10-4-1-2-5-12(10)11/h1-7,11H,8-9H2,(H2,18,20). The number of benzene rings is 2. The molecule has 3 rings (SSSR count). The highest BCUT2D eigenvalue weighted by Crippen LogP contribution is 2.35. The average Bonchev–Trinajstić information content (AvgIpc) is 2.39. The van der Waals surface area contributed by atoms with Gasteiger partial charge in [0.1, 0.15) is 16.6 Å². The first-order valence-electron chi connectivity index (χ1n) is 6.45. The van der Waals surface area contributed by atoms with Crippen LogP contribution in [0.15, 0.2) is 42.5 Å². The molecule has 1 aliphatic carbocycles. The lowest BCUT2D eigenvalue weighted by Gasteiger charge is -2.30. The molecule has 0 fully saturated rings. The van der Waals surface area contributed by atoms with Crippen LogP contribution in [0.25, 0.3) is 0 Å². The van der Waals surface area contributed by atoms with Crippen LogP contribution in [0, 0.1) is 5.82 Å². The van der Waals surface area contributed by atoms with Crippen molar-refractivity contribution < 1.29 is 9.13 Å². The first-order chi connectivity index (χ1) is 9.66. The predicted molar refractivity (Wildman–Crippen MR) is 80.7 cm³/mol. The minimum Gasteiger partial charge on any atom is -0.492 e. The van der Waals surface area contributed by atoms with Crippen LogP contribution in [-0.4, -0.2) is 11.6 Å². The highest BCUT2D eigenvalue weighted by atomic mass is 32.1. The topological polar surface area (TPSA) is 35.2 Å². The van der Waals surface area contributed by atoms with E-state index < -0.39 is 5.82 Å². The number of nitrogens with two attached hydrogens (primary N) is 1. The quantitative estimate of drug-likeness (QED) is 0.877. The summed E-state index contributed by atoms with van der Waals surface area (Å²) in [6.07, 6.45) is 0.994. The molecule has 2 aromatic rings. The summed E-state index contributed by atoms with van der Waals surface area (Å²) in [6.45, 7) is 0.510. The maximum atomic E-state index is 13.7. The minimum absolute atomic E-state index is 0.0205. The van der Waals surface area contributed by atoms with Gasteiger partial charge in [0.05, 0.1) is 12.2 Å². The molecule has 20 heavy (non-hydrogen) atoms. The molecule has 0 spiro atoms. The second kappa shape index (κ2) is 5.21. The average molecular weight is 287 g/mol. The van der Waals surface area contributed by atoms with Crippen molar-refractivity contribution in [1.29, 1.82) is 0 Å². The summed E-state index contributed by atoms with van der Waals surface area (Å²) >= 11 is 4.88. The Kier molecular flexibility index (Phi) is 3.40. The summed E-state index contributed by atoms with van der Waals surface area (Å²) in [5.41, 5.74) is 8.41. The maximum absolute atomic E-state index is 13.7. The Labute approximate surface area is 122 Å². The molecule has 2 aromatic carbocycles. The Bertz CT molecular complexity index is 671. The van der Waals surface area contributed by atoms with Crippen molar-refractivity contribution in [2.24, 2.45) is 5.73 Å². The molecule has 0 heterocycles. The predicted octanol–water partition coefficient (Wildman–Crippen LogP) is 3.18. The summed E-state index contributed by atoms with van der Waals surface area (Å²) in [5.74, 6) is 0.333. The van der Waals surface area contributed by atoms with Crippen LogP contribution < -0.4 is 10.5 Å². The zero-order valence-electron chi connectivity index (χ0n) is 10.8. The Hall–Kier alpha value is -1.94. The van der Waals surface area contributed by atoms with E-state index in [1.807, 2.05) is 12.1 Å². The van der Waals surface area contributed by atoms with E-state index in [2.05, 4.69) is 12.1 Å². The zero-order chi connectivity index (χ0) is 14.1. The van der Waals surface area contributed by atoms with E-state index in [4.69, 9.17) is 22.7 Å². The smallest absolute Gasteiger partial charge is 0.137 e. The lowest BCUT2D eigenvalue weighted by molar-refractivity contribution is 0.273. The van der Waals surface area contributed by atoms with Crippen LogP contribution >= 0.6 is 12.2 Å². The highest BCUT2D eigenvalue weighted by molar-refractivity contribution is 7.80. The number of hydrogen-bond donors (Lipinski definition) is 1. The van der Waals surface area contributed by atoms with Crippen molar-refractivity contribution in [3.8, 4) is 5.75 Å². The van der Waals surface area contributed by atoms with E-state index in [9.17, 15) is 4.39 Å². The molecule has 102 valence electrons. The van der Waals surface area contributed by atoms with Crippen molar-refractivity contribution in [3.05, 3.63) is 65.0 Å². The fourth-order valence-corrected chi connectivity index (χ4v) is 2.76. The number of ether oxygens (including phenoxy) is 1. The van der Waals surface area contributed by atoms with Gasteiger partial charge in [-0.1, -0.05) is 42.5 Å². The van der Waals surface area contributed by atoms with Crippen molar-refractivity contribution in [1.82, 2.24) is 0 Å². The Morgan fingerprint density at radius 1 is 1.25 bits per heavy atom. The lowest BCUT2D eigenvalue weighted by Crippen LogP contribution is -2.24. The van der Waals surface area contributed by atoms with E-state index >= 15 is 0 Å². The van der Waals surface area contributed by atoms with Crippen molar-refractivity contribution in [2.75, 3.05) is 6.61 Å². The fourth-order valence-electron chi connectivity index (χ4n) is 2.57. The number of fused-ring (bicyclic) bond motifs is 1. The molecule has 0 amide bonds. The summed E-state index contributed by atoms with van der Waals surface area (Å²) in [7, 11) is 0. The van der Waals surface area contributed by atoms with Gasteiger partial charge in [0.15, 0.2) is 0 Å². The summed E-state index contributed by atoms with van der Waals surface area (Å²) in [6, 6.07) is 12.9. The van der Waals surface area contributed by atoms with Gasteiger partial charge in [-0.15, -0.1) is 0 Å². The molecule has 0 bridgehead atoms. The van der Waals surface area contributed by atoms with E-state index in [0.717, 1.165) is 6.42 Å². The number of halogens is 1. The molecule has 1 atom stereocenters. The molecule has 0 saturated heterocycles. The first-order valence-corrected chi connectivity index (χ1v) is 6.86. The van der Waals surface area contributed by atoms with Gasteiger partial charge in [0.25, 0.3) is 0 Å². The SMILES string of the molecule is NC(=S)c1c(F)cccc1OCC1Cc2ccccc21. The Balaban J connectivity index is 1.75. The molecular weight excluding hydrogens is 273 g/mol. The molecule has 0 saturated carbocycles. The molecule has 0 aromatic heterocycles. The van der Waals surface area contributed by atoms with Crippen molar-refractivity contribution in [2.45, 2.75) is 12.3 Å². The van der Waals surface area contributed by atoms with Crippen LogP contribution in [0.4, 0.5) is 4.39 Å². The molecule has 1 unspecified atom stereocenters. The lowest BCUT2D eigenvalue weighted by atomic mass is 9.78. The molecule has 0 aliphatic heterocycles. The normalized spacial score (nSPS) is 16.1. The number of rotatable bonds is 4. The van der Waals surface area contributed by atoms with Gasteiger partial charge in [0.2, 0.25) is 0 Å². The van der Waals surface area contributed by atoms with Crippen LogP contribution in [0.1, 0.15) is 22.6 Å². The molecular formula is C16H14FNOS. The monoisotopic (exact) mass is 287 g/mol. The van der Waals surface area contributed by atoms with E-state index in [0.29, 0.717) is 18.3 Å². The van der Waals surface area contributed by atoms with E-state index in [1.54, 1.807) is 12.1 Å². The van der Waals surface area contributed by atoms with Gasteiger partial charge in [0, 0.05) is 5.92 Å². The van der Waals surface area contributed by atoms with Gasteiger partial charge in [-0.3, -0.25) is 0 Å². The van der Waals surface area contributed by atoms with Gasteiger partial charge in [-0.2, -0.15) is 0 Å². The molecule has 2 nitrogen and oxygen atoms in total. The highest BCUT2D eigenvalue weighted by Gasteiger charge is 2.26. The van der Waals surface area contributed by atoms with E-state index in [1.165, 1.54) is 17.2 Å². The largest absolute Gasteiger partial charge is 0.492 e. The third-order valence-electron chi connectivity index (χ3n) is 3.62. The molecule has 1 aliphatic rings. The number of thiocarbonyl (C=S) groups is 1. The summed E-state index contributed by atoms with van der Waals surface area (Å²) < 4.78 is 19.4. The summed E-state index contributed by atoms with van der Waals surface area (Å²) in [5, 5.41) is 0. The van der Waals surface area contributed by atoms with Crippen LogP contribution in [0.5, 0.6) is 5.75 Å². The van der Waals surface area contributed by atoms with Gasteiger partial charge in [-0.25, -0.2) is 4.39 Å². The summed E-state index contributed by atoms with van der Waals surface area (Å²) in [4.78, 5) is 0.0205. The van der Waals surface area contributed by atoms with Crippen molar-refractivity contribution in [3.63, 3.8) is 0 Å². The minimum atomic E-state index is -0.441. The third-order valence-corrected chi connectivity index (χ3v) is 3.83. The maximum Gasteiger partial charge on any atom is 0.137 e. The van der Waals surface area contributed by atoms with Gasteiger partial charge in [-0.05, 0) is 29.7 Å². The second-order valence-corrected chi connectivity index (χ2v) is 5.33. The van der Waals surface area contributed by atoms with E-state index in [-0.39, 0.29) is 10.6 Å². The zero-order valence-corrected chi connectivity index (χ0v) is 11.6. The fraction of sp³-hybridized carbons (Fsp3) is 0.188. The Morgan fingerprint density at radius 2 is 2.05 bits per heavy atom. The molecule has 4 heteroatoms. The second-order valence-electron chi connectivity index (χ2n) is 4.89. The van der Waals surface area contributed by atoms with Crippen molar-refractivity contribution >= 4 is 17.2 Å². The third kappa shape index (κ3) is 2.27. The van der Waals surface area contributed by atoms with Crippen LogP contribution in [0.2, 0.25) is 0 Å². The van der Waals surface area contributed by atoms with Gasteiger partial charge >= 0.3 is 0 Å². The molecule has 2 N–H and O–H groups in total. The molecule has 0 radical (unpaired) electrons. The van der Waals surface area contributed by atoms with Crippen LogP contribution in [-0.2, 0) is 6.42 Å². The first kappa shape index (κ1) is 13.1. The Morgan fingerprint density at radius 3 is 2.80 bits per heavy atom.